The molecular weight excluding hydrogens is 410 g/mol. The van der Waals surface area contributed by atoms with Crippen LogP contribution in [-0.2, 0) is 0 Å². The second-order valence-corrected chi connectivity index (χ2v) is 8.07. The molecule has 0 aliphatic carbocycles. The molecule has 0 spiro atoms. The van der Waals surface area contributed by atoms with Crippen molar-refractivity contribution >= 4 is 29.0 Å². The summed E-state index contributed by atoms with van der Waals surface area (Å²) in [5, 5.41) is 17.3. The monoisotopic (exact) mass is 433 g/mol. The zero-order valence-electron chi connectivity index (χ0n) is 16.9. The predicted molar refractivity (Wildman–Crippen MR) is 123 cm³/mol. The Morgan fingerprint density at radius 1 is 1.19 bits per heavy atom. The largest absolute Gasteiger partial charge is 0.394 e. The lowest BCUT2D eigenvalue weighted by molar-refractivity contribution is 0.225. The van der Waals surface area contributed by atoms with Crippen LogP contribution < -0.4 is 15.5 Å². The van der Waals surface area contributed by atoms with E-state index in [4.69, 9.17) is 11.4 Å². The number of hydrogen-bond acceptors (Lipinski definition) is 6. The van der Waals surface area contributed by atoms with Gasteiger partial charge in [-0.1, -0.05) is 30.3 Å². The number of carbonyl (C=O) groups excluding carboxylic acids is 1. The van der Waals surface area contributed by atoms with Gasteiger partial charge in [0.15, 0.2) is 5.01 Å². The van der Waals surface area contributed by atoms with Crippen LogP contribution in [0.15, 0.2) is 47.8 Å². The predicted octanol–water partition coefficient (Wildman–Crippen LogP) is 3.64. The molecule has 1 atom stereocenters. The number of anilines is 2. The third kappa shape index (κ3) is 5.02. The van der Waals surface area contributed by atoms with Gasteiger partial charge in [-0.25, -0.2) is 14.8 Å². The quantitative estimate of drug-likeness (QED) is 0.517. The molecule has 4 rings (SSSR count). The van der Waals surface area contributed by atoms with E-state index in [1.165, 1.54) is 24.2 Å². The van der Waals surface area contributed by atoms with Crippen molar-refractivity contribution in [3.05, 3.63) is 58.4 Å². The molecule has 1 saturated heterocycles. The molecular formula is C23H23N5O2S. The normalized spacial score (nSPS) is 14.1. The fourth-order valence-corrected chi connectivity index (χ4v) is 4.09. The molecule has 158 valence electrons. The Balaban J connectivity index is 1.43. The minimum atomic E-state index is -0.552. The standard InChI is InChI=1S/C23H23N5O2S/c1-2-22-26-20(15-31-22)27-23(30)25-19(14-29)17-10-8-16(9-11-17)18-6-5-7-21(24-18)28-12-3-4-13-28/h1,5-11,15,19,29H,3-4,12-14H2,(H2,25,27,30)/t19-/m0/s1. The van der Waals surface area contributed by atoms with Crippen LogP contribution in [0.4, 0.5) is 16.4 Å². The minimum absolute atomic E-state index is 0.234. The number of nitrogens with zero attached hydrogens (tertiary/aromatic N) is 3. The molecule has 1 fully saturated rings. The van der Waals surface area contributed by atoms with E-state index in [1.807, 2.05) is 42.5 Å². The molecule has 3 aromatic rings. The Kier molecular flexibility index (Phi) is 6.46. The highest BCUT2D eigenvalue weighted by molar-refractivity contribution is 7.10. The number of rotatable bonds is 6. The smallest absolute Gasteiger partial charge is 0.320 e. The fraction of sp³-hybridized carbons (Fsp3) is 0.261. The van der Waals surface area contributed by atoms with Gasteiger partial charge in [0.2, 0.25) is 0 Å². The van der Waals surface area contributed by atoms with Crippen LogP contribution in [0.2, 0.25) is 0 Å². The molecule has 1 aliphatic heterocycles. The summed E-state index contributed by atoms with van der Waals surface area (Å²) in [5.74, 6) is 3.81. The summed E-state index contributed by atoms with van der Waals surface area (Å²) >= 11 is 1.27. The summed E-state index contributed by atoms with van der Waals surface area (Å²) in [5.41, 5.74) is 2.67. The summed E-state index contributed by atoms with van der Waals surface area (Å²) in [7, 11) is 0. The molecule has 1 aromatic carbocycles. The van der Waals surface area contributed by atoms with Gasteiger partial charge in [-0.3, -0.25) is 5.32 Å². The topological polar surface area (TPSA) is 90.4 Å². The zero-order chi connectivity index (χ0) is 21.6. The van der Waals surface area contributed by atoms with Crippen LogP contribution in [-0.4, -0.2) is 40.8 Å². The van der Waals surface area contributed by atoms with Crippen LogP contribution in [0.3, 0.4) is 0 Å². The number of urea groups is 1. The van der Waals surface area contributed by atoms with Crippen molar-refractivity contribution < 1.29 is 9.90 Å². The van der Waals surface area contributed by atoms with Gasteiger partial charge < -0.3 is 15.3 Å². The Labute approximate surface area is 185 Å². The van der Waals surface area contributed by atoms with E-state index in [9.17, 15) is 9.90 Å². The Hall–Kier alpha value is -3.41. The maximum Gasteiger partial charge on any atom is 0.320 e. The number of benzene rings is 1. The van der Waals surface area contributed by atoms with Crippen LogP contribution in [0.5, 0.6) is 0 Å². The second kappa shape index (κ2) is 9.60. The van der Waals surface area contributed by atoms with Crippen LogP contribution in [0, 0.1) is 12.3 Å². The minimum Gasteiger partial charge on any atom is -0.394 e. The van der Waals surface area contributed by atoms with Gasteiger partial charge in [-0.2, -0.15) is 0 Å². The van der Waals surface area contributed by atoms with Crippen molar-refractivity contribution in [1.82, 2.24) is 15.3 Å². The number of amides is 2. The third-order valence-corrected chi connectivity index (χ3v) is 5.90. The summed E-state index contributed by atoms with van der Waals surface area (Å²) < 4.78 is 0. The summed E-state index contributed by atoms with van der Waals surface area (Å²) in [6.07, 6.45) is 7.71. The molecule has 2 aromatic heterocycles. The number of aliphatic hydroxyl groups excluding tert-OH is 1. The van der Waals surface area contributed by atoms with Gasteiger partial charge in [0.1, 0.15) is 11.6 Å². The average molecular weight is 434 g/mol. The lowest BCUT2D eigenvalue weighted by Crippen LogP contribution is -2.34. The first-order valence-electron chi connectivity index (χ1n) is 10.1. The number of carbonyl (C=O) groups is 1. The average Bonchev–Trinajstić information content (AvgIpc) is 3.50. The van der Waals surface area contributed by atoms with Gasteiger partial charge >= 0.3 is 6.03 Å². The lowest BCUT2D eigenvalue weighted by atomic mass is 10.0. The van der Waals surface area contributed by atoms with Gasteiger partial charge in [0.25, 0.3) is 0 Å². The number of aromatic nitrogens is 2. The van der Waals surface area contributed by atoms with Crippen molar-refractivity contribution in [1.29, 1.82) is 0 Å². The fourth-order valence-electron chi connectivity index (χ4n) is 3.54. The van der Waals surface area contributed by atoms with Gasteiger partial charge in [-0.15, -0.1) is 17.8 Å². The summed E-state index contributed by atoms with van der Waals surface area (Å²) in [6, 6.07) is 12.7. The van der Waals surface area contributed by atoms with Gasteiger partial charge in [-0.05, 0) is 36.5 Å². The van der Waals surface area contributed by atoms with E-state index in [-0.39, 0.29) is 6.61 Å². The van der Waals surface area contributed by atoms with Gasteiger partial charge in [0.05, 0.1) is 18.3 Å². The molecule has 0 saturated carbocycles. The molecule has 3 heterocycles. The number of aliphatic hydroxyl groups is 1. The van der Waals surface area contributed by atoms with Crippen molar-refractivity contribution in [3.8, 4) is 23.6 Å². The first-order chi connectivity index (χ1) is 15.2. The van der Waals surface area contributed by atoms with E-state index in [0.29, 0.717) is 10.8 Å². The number of thiazole rings is 1. The molecule has 7 nitrogen and oxygen atoms in total. The Morgan fingerprint density at radius 2 is 1.97 bits per heavy atom. The number of hydrogen-bond donors (Lipinski definition) is 3. The molecule has 3 N–H and O–H groups in total. The first-order valence-corrected chi connectivity index (χ1v) is 11.0. The van der Waals surface area contributed by atoms with E-state index in [2.05, 4.69) is 26.4 Å². The van der Waals surface area contributed by atoms with Crippen molar-refractivity contribution in [2.75, 3.05) is 29.9 Å². The van der Waals surface area contributed by atoms with E-state index >= 15 is 0 Å². The molecule has 2 amide bonds. The van der Waals surface area contributed by atoms with Crippen molar-refractivity contribution in [2.45, 2.75) is 18.9 Å². The highest BCUT2D eigenvalue weighted by Gasteiger charge is 2.16. The molecule has 0 unspecified atom stereocenters. The van der Waals surface area contributed by atoms with Crippen molar-refractivity contribution in [3.63, 3.8) is 0 Å². The molecule has 31 heavy (non-hydrogen) atoms. The number of nitrogens with one attached hydrogen (secondary N) is 2. The third-order valence-electron chi connectivity index (χ3n) is 5.13. The Morgan fingerprint density at radius 3 is 2.65 bits per heavy atom. The lowest BCUT2D eigenvalue weighted by Gasteiger charge is -2.18. The van der Waals surface area contributed by atoms with E-state index < -0.39 is 12.1 Å². The first kappa shape index (κ1) is 20.8. The zero-order valence-corrected chi connectivity index (χ0v) is 17.7. The maximum absolute atomic E-state index is 12.3. The molecule has 0 radical (unpaired) electrons. The SMILES string of the molecule is C#Cc1nc(NC(=O)N[C@@H](CO)c2ccc(-c3cccc(N4CCCC4)n3)cc2)cs1. The molecule has 1 aliphatic rings. The molecule has 0 bridgehead atoms. The summed E-state index contributed by atoms with van der Waals surface area (Å²) in [4.78, 5) is 23.5. The second-order valence-electron chi connectivity index (χ2n) is 7.21. The molecule has 8 heteroatoms. The van der Waals surface area contributed by atoms with Crippen LogP contribution >= 0.6 is 11.3 Å². The van der Waals surface area contributed by atoms with E-state index in [0.717, 1.165) is 35.7 Å². The van der Waals surface area contributed by atoms with Crippen LogP contribution in [0.25, 0.3) is 11.3 Å². The number of terminal acetylenes is 1. The highest BCUT2D eigenvalue weighted by Crippen LogP contribution is 2.25. The number of pyridine rings is 1. The highest BCUT2D eigenvalue weighted by atomic mass is 32.1. The Bertz CT molecular complexity index is 1080. The summed E-state index contributed by atoms with van der Waals surface area (Å²) in [6.45, 7) is 1.86. The van der Waals surface area contributed by atoms with Crippen molar-refractivity contribution in [2.24, 2.45) is 0 Å². The maximum atomic E-state index is 12.3. The van der Waals surface area contributed by atoms with Gasteiger partial charge in [0, 0.05) is 24.0 Å². The van der Waals surface area contributed by atoms with E-state index in [1.54, 1.807) is 5.38 Å². The van der Waals surface area contributed by atoms with Crippen LogP contribution in [0.1, 0.15) is 29.5 Å².